The highest BCUT2D eigenvalue weighted by Crippen LogP contribution is 2.37. The predicted octanol–water partition coefficient (Wildman–Crippen LogP) is 2.70. The Morgan fingerprint density at radius 2 is 1.97 bits per heavy atom. The Labute approximate surface area is 183 Å². The van der Waals surface area contributed by atoms with Crippen LogP contribution in [0.5, 0.6) is 0 Å². The number of H-pyrrole nitrogens is 1. The lowest BCUT2D eigenvalue weighted by Crippen LogP contribution is -2.34. The molecule has 164 valence electrons. The highest BCUT2D eigenvalue weighted by Gasteiger charge is 2.27. The minimum Gasteiger partial charge on any atom is -0.394 e. The van der Waals surface area contributed by atoms with Gasteiger partial charge in [0, 0.05) is 34.7 Å². The number of amides is 2. The van der Waals surface area contributed by atoms with Crippen molar-refractivity contribution in [2.24, 2.45) is 0 Å². The number of fused-ring (bicyclic) bond motifs is 1. The van der Waals surface area contributed by atoms with Crippen molar-refractivity contribution in [1.82, 2.24) is 10.3 Å². The zero-order valence-electron chi connectivity index (χ0n) is 17.3. The molecule has 7 nitrogen and oxygen atoms in total. The van der Waals surface area contributed by atoms with Gasteiger partial charge in [0.25, 0.3) is 11.8 Å². The number of anilines is 1. The summed E-state index contributed by atoms with van der Waals surface area (Å²) in [6, 6.07) is 13.3. The molecule has 1 aliphatic rings. The van der Waals surface area contributed by atoms with Gasteiger partial charge < -0.3 is 25.8 Å². The second-order valence-corrected chi connectivity index (χ2v) is 7.53. The number of aryl methyl sites for hydroxylation is 1. The van der Waals surface area contributed by atoms with Gasteiger partial charge in [0.15, 0.2) is 0 Å². The normalized spacial score (nSPS) is 14.9. The molecule has 0 saturated heterocycles. The van der Waals surface area contributed by atoms with Gasteiger partial charge in [-0.2, -0.15) is 0 Å². The van der Waals surface area contributed by atoms with Crippen LogP contribution in [0.4, 0.5) is 10.1 Å². The van der Waals surface area contributed by atoms with Crippen LogP contribution in [-0.2, 0) is 4.79 Å². The summed E-state index contributed by atoms with van der Waals surface area (Å²) in [7, 11) is 0. The molecule has 0 bridgehead atoms. The van der Waals surface area contributed by atoms with Gasteiger partial charge in [-0.15, -0.1) is 0 Å². The van der Waals surface area contributed by atoms with Crippen LogP contribution in [-0.4, -0.2) is 46.3 Å². The average molecular weight is 435 g/mol. The molecule has 0 spiro atoms. The number of nitrogens with one attached hydrogen (secondary N) is 3. The highest BCUT2D eigenvalue weighted by molar-refractivity contribution is 6.35. The molecule has 2 heterocycles. The zero-order chi connectivity index (χ0) is 22.8. The van der Waals surface area contributed by atoms with Crippen LogP contribution in [0.3, 0.4) is 0 Å². The average Bonchev–Trinajstić information content (AvgIpc) is 3.28. The molecule has 32 heavy (non-hydrogen) atoms. The Kier molecular flexibility index (Phi) is 5.89. The second kappa shape index (κ2) is 8.78. The van der Waals surface area contributed by atoms with Gasteiger partial charge in [-0.25, -0.2) is 4.39 Å². The van der Waals surface area contributed by atoms with Crippen molar-refractivity contribution >= 4 is 29.2 Å². The van der Waals surface area contributed by atoms with E-state index in [1.165, 1.54) is 18.2 Å². The van der Waals surface area contributed by atoms with E-state index in [0.29, 0.717) is 33.8 Å². The Hall–Kier alpha value is -3.75. The third-order valence-electron chi connectivity index (χ3n) is 5.27. The molecule has 5 N–H and O–H groups in total. The largest absolute Gasteiger partial charge is 0.394 e. The fraction of sp³-hybridized carbons (Fsp3) is 0.167. The number of hydrogen-bond acceptors (Lipinski definition) is 4. The quantitative estimate of drug-likeness (QED) is 0.383. The number of aliphatic hydroxyl groups excluding tert-OH is 2. The van der Waals surface area contributed by atoms with Gasteiger partial charge in [-0.05, 0) is 36.8 Å². The summed E-state index contributed by atoms with van der Waals surface area (Å²) >= 11 is 0. The van der Waals surface area contributed by atoms with E-state index in [2.05, 4.69) is 15.6 Å². The van der Waals surface area contributed by atoms with Crippen LogP contribution in [0.25, 0.3) is 22.8 Å². The first-order valence-corrected chi connectivity index (χ1v) is 10.1. The fourth-order valence-electron chi connectivity index (χ4n) is 3.76. The first-order chi connectivity index (χ1) is 15.4. The molecule has 1 unspecified atom stereocenters. The number of carbonyl (C=O) groups excluding carboxylic acids is 2. The van der Waals surface area contributed by atoms with E-state index in [9.17, 15) is 19.1 Å². The van der Waals surface area contributed by atoms with E-state index < -0.39 is 24.4 Å². The van der Waals surface area contributed by atoms with E-state index in [0.717, 1.165) is 5.56 Å². The monoisotopic (exact) mass is 435 g/mol. The maximum absolute atomic E-state index is 13.8. The lowest BCUT2D eigenvalue weighted by atomic mass is 9.97. The molecule has 0 aliphatic carbocycles. The van der Waals surface area contributed by atoms with Gasteiger partial charge in [-0.3, -0.25) is 9.59 Å². The molecule has 3 aromatic rings. The summed E-state index contributed by atoms with van der Waals surface area (Å²) in [5, 5.41) is 23.9. The topological polar surface area (TPSA) is 114 Å². The number of hydrogen-bond donors (Lipinski definition) is 5. The maximum Gasteiger partial charge on any atom is 0.256 e. The molecule has 0 radical (unpaired) electrons. The van der Waals surface area contributed by atoms with Crippen molar-refractivity contribution < 1.29 is 24.2 Å². The Bertz CT molecular complexity index is 1220. The number of halogens is 1. The van der Waals surface area contributed by atoms with Crippen molar-refractivity contribution in [2.45, 2.75) is 13.0 Å². The summed E-state index contributed by atoms with van der Waals surface area (Å²) in [5.74, 6) is -1.26. The predicted molar refractivity (Wildman–Crippen MR) is 119 cm³/mol. The van der Waals surface area contributed by atoms with Crippen molar-refractivity contribution in [1.29, 1.82) is 0 Å². The third kappa shape index (κ3) is 4.05. The Balaban J connectivity index is 1.84. The molecule has 1 aliphatic heterocycles. The molecule has 2 aromatic carbocycles. The summed E-state index contributed by atoms with van der Waals surface area (Å²) in [6.07, 6.45) is 0.531. The van der Waals surface area contributed by atoms with Crippen molar-refractivity contribution in [2.75, 3.05) is 18.5 Å². The van der Waals surface area contributed by atoms with E-state index >= 15 is 0 Å². The number of aliphatic hydroxyl groups is 2. The number of carbonyl (C=O) groups is 2. The van der Waals surface area contributed by atoms with Crippen molar-refractivity contribution in [3.05, 3.63) is 76.9 Å². The molecule has 8 heteroatoms. The van der Waals surface area contributed by atoms with E-state index in [1.807, 2.05) is 30.3 Å². The van der Waals surface area contributed by atoms with Gasteiger partial charge in [0.05, 0.1) is 23.8 Å². The van der Waals surface area contributed by atoms with Gasteiger partial charge in [0.2, 0.25) is 0 Å². The number of aromatic amines is 1. The minimum absolute atomic E-state index is 0.111. The smallest absolute Gasteiger partial charge is 0.256 e. The summed E-state index contributed by atoms with van der Waals surface area (Å²) in [6.45, 7) is 1.15. The first-order valence-electron chi connectivity index (χ1n) is 10.1. The number of rotatable bonds is 6. The van der Waals surface area contributed by atoms with Crippen LogP contribution in [0.2, 0.25) is 0 Å². The first kappa shape index (κ1) is 21.5. The second-order valence-electron chi connectivity index (χ2n) is 7.53. The van der Waals surface area contributed by atoms with E-state index in [4.69, 9.17) is 5.11 Å². The molecule has 4 rings (SSSR count). The lowest BCUT2D eigenvalue weighted by molar-refractivity contribution is -0.110. The number of aromatic nitrogens is 1. The van der Waals surface area contributed by atoms with Crippen LogP contribution in [0, 0.1) is 12.7 Å². The SMILES string of the molecule is Cc1[nH]c(/C=C2\C(=O)Nc3ccc(F)cc32)c(-c2ccccc2)c1C(=O)NCC(O)CO. The molecule has 1 aromatic heterocycles. The molecule has 1 atom stereocenters. The third-order valence-corrected chi connectivity index (χ3v) is 5.27. The van der Waals surface area contributed by atoms with Crippen LogP contribution in [0.15, 0.2) is 48.5 Å². The van der Waals surface area contributed by atoms with Crippen LogP contribution in [0.1, 0.15) is 27.3 Å². The zero-order valence-corrected chi connectivity index (χ0v) is 17.3. The van der Waals surface area contributed by atoms with E-state index in [-0.39, 0.29) is 18.0 Å². The van der Waals surface area contributed by atoms with E-state index in [1.54, 1.807) is 13.0 Å². The molecule has 0 saturated carbocycles. The molecule has 2 amide bonds. The Morgan fingerprint density at radius 1 is 1.22 bits per heavy atom. The maximum atomic E-state index is 13.8. The van der Waals surface area contributed by atoms with Crippen LogP contribution >= 0.6 is 0 Å². The lowest BCUT2D eigenvalue weighted by Gasteiger charge is -2.11. The van der Waals surface area contributed by atoms with Gasteiger partial charge in [0.1, 0.15) is 5.82 Å². The standard InChI is InChI=1S/C24H22FN3O4/c1-13-21(24(32)26-11-16(30)12-29)22(14-5-3-2-4-6-14)20(27-13)10-18-17-9-15(25)7-8-19(17)28-23(18)31/h2-10,16,27,29-30H,11-12H2,1H3,(H,26,32)(H,28,31)/b18-10-. The highest BCUT2D eigenvalue weighted by atomic mass is 19.1. The molecular weight excluding hydrogens is 413 g/mol. The van der Waals surface area contributed by atoms with Crippen molar-refractivity contribution in [3.63, 3.8) is 0 Å². The molecule has 0 fully saturated rings. The summed E-state index contributed by atoms with van der Waals surface area (Å²) < 4.78 is 13.8. The van der Waals surface area contributed by atoms with Gasteiger partial charge >= 0.3 is 0 Å². The molecular formula is C24H22FN3O4. The fourth-order valence-corrected chi connectivity index (χ4v) is 3.76. The van der Waals surface area contributed by atoms with Crippen molar-refractivity contribution in [3.8, 4) is 11.1 Å². The minimum atomic E-state index is -1.08. The summed E-state index contributed by atoms with van der Waals surface area (Å²) in [5.41, 5.74) is 3.99. The summed E-state index contributed by atoms with van der Waals surface area (Å²) in [4.78, 5) is 28.7. The Morgan fingerprint density at radius 3 is 2.69 bits per heavy atom. The number of benzene rings is 2. The van der Waals surface area contributed by atoms with Crippen LogP contribution < -0.4 is 10.6 Å². The van der Waals surface area contributed by atoms with Gasteiger partial charge in [-0.1, -0.05) is 30.3 Å².